The fraction of sp³-hybridized carbons (Fsp3) is 0.957. The molecule has 0 bridgehead atoms. The number of phosphoric acid groups is 1. The molecule has 0 rings (SSSR count). The largest absolute Gasteiger partial charge is 0.472 e. The number of carbonyl (C=O) groups is 2. The molecule has 0 aliphatic heterocycles. The van der Waals surface area contributed by atoms with Gasteiger partial charge in [-0.15, -0.1) is 0 Å². The van der Waals surface area contributed by atoms with Crippen LogP contribution in [-0.2, 0) is 32.7 Å². The number of phosphoric ester groups is 1. The number of hydrogen-bond acceptors (Lipinski definition) is 7. The summed E-state index contributed by atoms with van der Waals surface area (Å²) in [5.41, 5.74) is 0. The lowest BCUT2D eigenvalue weighted by molar-refractivity contribution is -0.161. The Kier molecular flexibility index (Phi) is 42.9. The van der Waals surface area contributed by atoms with Gasteiger partial charge < -0.3 is 14.4 Å². The lowest BCUT2D eigenvalue weighted by Crippen LogP contribution is -2.29. The van der Waals surface area contributed by atoms with E-state index >= 15 is 0 Å². The molecule has 0 aromatic rings. The van der Waals surface area contributed by atoms with Gasteiger partial charge in [-0.2, -0.15) is 0 Å². The Labute approximate surface area is 347 Å². The average Bonchev–Trinajstić information content (AvgIpc) is 3.18. The molecule has 1 N–H and O–H groups in total. The summed E-state index contributed by atoms with van der Waals surface area (Å²) in [6.45, 7) is 5.54. The number of rotatable bonds is 46. The van der Waals surface area contributed by atoms with Crippen molar-refractivity contribution in [3.63, 3.8) is 0 Å². The molecule has 8 nitrogen and oxygen atoms in total. The highest BCUT2D eigenvalue weighted by atomic mass is 31.2. The maximum atomic E-state index is 12.6. The number of carbonyl (C=O) groups excluding carboxylic acids is 2. The summed E-state index contributed by atoms with van der Waals surface area (Å²) in [5.74, 6) is -0.777. The van der Waals surface area contributed by atoms with E-state index in [1.165, 1.54) is 193 Å². The highest BCUT2D eigenvalue weighted by Gasteiger charge is 2.25. The van der Waals surface area contributed by atoms with Crippen molar-refractivity contribution in [2.75, 3.05) is 19.8 Å². The summed E-state index contributed by atoms with van der Waals surface area (Å²) in [7, 11) is -4.27. The molecule has 0 amide bonds. The first kappa shape index (κ1) is 55.0. The molecule has 2 unspecified atom stereocenters. The quantitative estimate of drug-likeness (QED) is 0.0368. The predicted octanol–water partition coefficient (Wildman–Crippen LogP) is 15.5. The number of hydrogen-bond donors (Lipinski definition) is 1. The van der Waals surface area contributed by atoms with Crippen molar-refractivity contribution in [3.8, 4) is 0 Å². The van der Waals surface area contributed by atoms with Crippen LogP contribution in [0.5, 0.6) is 0 Å². The molecule has 0 aliphatic carbocycles. The van der Waals surface area contributed by atoms with Crippen molar-refractivity contribution in [1.29, 1.82) is 0 Å². The minimum Gasteiger partial charge on any atom is -0.462 e. The van der Waals surface area contributed by atoms with E-state index in [1.54, 1.807) is 6.92 Å². The molecule has 334 valence electrons. The van der Waals surface area contributed by atoms with Gasteiger partial charge in [0.15, 0.2) is 6.10 Å². The lowest BCUT2D eigenvalue weighted by atomic mass is 10.0. The van der Waals surface area contributed by atoms with Crippen molar-refractivity contribution >= 4 is 19.8 Å². The molecule has 0 fully saturated rings. The first-order valence-electron chi connectivity index (χ1n) is 24.3. The van der Waals surface area contributed by atoms with E-state index < -0.39 is 19.9 Å². The minimum atomic E-state index is -4.27. The van der Waals surface area contributed by atoms with Gasteiger partial charge in [0, 0.05) is 12.8 Å². The smallest absolute Gasteiger partial charge is 0.462 e. The standard InChI is InChI=1S/C47H93O8P/c1-4-7-9-11-13-15-17-19-21-22-23-24-25-26-28-30-32-34-36-38-40-42-47(49)55-45(44-54-56(50,51)53-6-3)43-52-46(48)41-39-37-35-33-31-29-27-20-18-16-14-12-10-8-5-2/h45H,4-44H2,1-3H3,(H,50,51). The first-order valence-corrected chi connectivity index (χ1v) is 25.8. The van der Waals surface area contributed by atoms with Gasteiger partial charge in [-0.3, -0.25) is 18.6 Å². The van der Waals surface area contributed by atoms with Gasteiger partial charge in [0.2, 0.25) is 0 Å². The Balaban J connectivity index is 3.94. The van der Waals surface area contributed by atoms with Crippen LogP contribution < -0.4 is 0 Å². The number of ether oxygens (including phenoxy) is 2. The van der Waals surface area contributed by atoms with Crippen molar-refractivity contribution < 1.29 is 37.6 Å². The molecule has 0 aliphatic rings. The van der Waals surface area contributed by atoms with E-state index in [4.69, 9.17) is 18.5 Å². The third-order valence-electron chi connectivity index (χ3n) is 10.9. The van der Waals surface area contributed by atoms with Gasteiger partial charge in [-0.05, 0) is 19.8 Å². The van der Waals surface area contributed by atoms with E-state index in [-0.39, 0.29) is 32.2 Å². The summed E-state index contributed by atoms with van der Waals surface area (Å²) in [6, 6.07) is 0. The Morgan fingerprint density at radius 1 is 0.411 bits per heavy atom. The van der Waals surface area contributed by atoms with E-state index in [9.17, 15) is 19.0 Å². The molecular weight excluding hydrogens is 723 g/mol. The van der Waals surface area contributed by atoms with Crippen LogP contribution in [0.15, 0.2) is 0 Å². The third kappa shape index (κ3) is 42.7. The molecule has 56 heavy (non-hydrogen) atoms. The summed E-state index contributed by atoms with van der Waals surface area (Å²) >= 11 is 0. The second-order valence-electron chi connectivity index (χ2n) is 16.5. The Bertz CT molecular complexity index is 884. The average molecular weight is 817 g/mol. The maximum absolute atomic E-state index is 12.6. The third-order valence-corrected chi connectivity index (χ3v) is 12.0. The van der Waals surface area contributed by atoms with Crippen LogP contribution in [0.2, 0.25) is 0 Å². The molecule has 0 saturated carbocycles. The molecule has 9 heteroatoms. The van der Waals surface area contributed by atoms with Gasteiger partial charge in [0.1, 0.15) is 6.61 Å². The van der Waals surface area contributed by atoms with Crippen molar-refractivity contribution in [1.82, 2.24) is 0 Å². The zero-order valence-corrected chi connectivity index (χ0v) is 38.2. The van der Waals surface area contributed by atoms with E-state index in [1.807, 2.05) is 0 Å². The fourth-order valence-corrected chi connectivity index (χ4v) is 8.09. The summed E-state index contributed by atoms with van der Waals surface area (Å²) in [4.78, 5) is 34.8. The molecule has 0 spiro atoms. The Morgan fingerprint density at radius 2 is 0.696 bits per heavy atom. The normalized spacial score (nSPS) is 13.1. The van der Waals surface area contributed by atoms with Crippen LogP contribution in [0.4, 0.5) is 0 Å². The monoisotopic (exact) mass is 817 g/mol. The number of unbranched alkanes of at least 4 members (excludes halogenated alkanes) is 34. The topological polar surface area (TPSA) is 108 Å². The molecule has 0 radical (unpaired) electrons. The SMILES string of the molecule is CCCCCCCCCCCCCCCCCCCCCCCC(=O)OC(COC(=O)CCCCCCCCCCCCCCCCC)COP(=O)(O)OCC. The highest BCUT2D eigenvalue weighted by molar-refractivity contribution is 7.47. The molecule has 0 saturated heterocycles. The zero-order chi connectivity index (χ0) is 41.1. The van der Waals surface area contributed by atoms with Gasteiger partial charge in [-0.1, -0.05) is 232 Å². The predicted molar refractivity (Wildman–Crippen MR) is 235 cm³/mol. The van der Waals surface area contributed by atoms with Crippen LogP contribution in [0.1, 0.15) is 265 Å². The van der Waals surface area contributed by atoms with E-state index in [2.05, 4.69) is 13.8 Å². The zero-order valence-electron chi connectivity index (χ0n) is 37.3. The molecule has 0 aromatic carbocycles. The van der Waals surface area contributed by atoms with Crippen LogP contribution in [0.3, 0.4) is 0 Å². The highest BCUT2D eigenvalue weighted by Crippen LogP contribution is 2.43. The van der Waals surface area contributed by atoms with Crippen LogP contribution in [0.25, 0.3) is 0 Å². The lowest BCUT2D eigenvalue weighted by Gasteiger charge is -2.19. The molecular formula is C47H93O8P. The maximum Gasteiger partial charge on any atom is 0.472 e. The second-order valence-corrected chi connectivity index (χ2v) is 18.0. The van der Waals surface area contributed by atoms with Crippen molar-refractivity contribution in [2.24, 2.45) is 0 Å². The molecule has 0 heterocycles. The summed E-state index contributed by atoms with van der Waals surface area (Å²) < 4.78 is 32.7. The summed E-state index contributed by atoms with van der Waals surface area (Å²) in [5, 5.41) is 0. The van der Waals surface area contributed by atoms with E-state index in [0.717, 1.165) is 38.5 Å². The Morgan fingerprint density at radius 3 is 1.00 bits per heavy atom. The number of esters is 2. The van der Waals surface area contributed by atoms with Gasteiger partial charge in [0.25, 0.3) is 0 Å². The fourth-order valence-electron chi connectivity index (χ4n) is 7.34. The van der Waals surface area contributed by atoms with Crippen LogP contribution in [-0.4, -0.2) is 42.8 Å². The molecule has 2 atom stereocenters. The second kappa shape index (κ2) is 43.6. The van der Waals surface area contributed by atoms with Gasteiger partial charge in [-0.25, -0.2) is 4.57 Å². The van der Waals surface area contributed by atoms with Crippen molar-refractivity contribution in [3.05, 3.63) is 0 Å². The molecule has 0 aromatic heterocycles. The van der Waals surface area contributed by atoms with Crippen molar-refractivity contribution in [2.45, 2.75) is 271 Å². The van der Waals surface area contributed by atoms with E-state index in [0.29, 0.717) is 6.42 Å². The van der Waals surface area contributed by atoms with Crippen LogP contribution in [0, 0.1) is 0 Å². The van der Waals surface area contributed by atoms with Crippen LogP contribution >= 0.6 is 7.82 Å². The minimum absolute atomic E-state index is 0.00590. The van der Waals surface area contributed by atoms with Gasteiger partial charge in [0.05, 0.1) is 13.2 Å². The summed E-state index contributed by atoms with van der Waals surface area (Å²) in [6.07, 6.45) is 45.9. The van der Waals surface area contributed by atoms with Gasteiger partial charge >= 0.3 is 19.8 Å². The Hall–Kier alpha value is -0.950. The first-order chi connectivity index (χ1) is 27.3.